The summed E-state index contributed by atoms with van der Waals surface area (Å²) < 4.78 is 0. The summed E-state index contributed by atoms with van der Waals surface area (Å²) in [4.78, 5) is 21.0. The molecule has 1 amide bonds. The number of amides is 1. The summed E-state index contributed by atoms with van der Waals surface area (Å²) >= 11 is 12.0. The van der Waals surface area contributed by atoms with Gasteiger partial charge in [0.05, 0.1) is 21.8 Å². The first-order chi connectivity index (χ1) is 12.6. The van der Waals surface area contributed by atoms with Gasteiger partial charge in [-0.1, -0.05) is 53.5 Å². The van der Waals surface area contributed by atoms with Crippen molar-refractivity contribution in [2.24, 2.45) is 0 Å². The van der Waals surface area contributed by atoms with Crippen LogP contribution < -0.4 is 5.32 Å². The summed E-state index contributed by atoms with van der Waals surface area (Å²) in [5.74, 6) is -0.213. The lowest BCUT2D eigenvalue weighted by Gasteiger charge is -2.14. The fraction of sp³-hybridized carbons (Fsp3) is 0.150. The Kier molecular flexibility index (Phi) is 4.62. The molecule has 0 bridgehead atoms. The number of carbonyl (C=O) groups is 1. The predicted octanol–water partition coefficient (Wildman–Crippen LogP) is 4.87. The van der Waals surface area contributed by atoms with Crippen molar-refractivity contribution >= 4 is 29.1 Å². The number of rotatable bonds is 3. The SMILES string of the molecule is O=C(NC1CCc2ccccc21)c1cc(-c2ccc(Cl)c(Cl)c2)ncn1. The van der Waals surface area contributed by atoms with Crippen molar-refractivity contribution in [2.75, 3.05) is 0 Å². The molecule has 1 aromatic heterocycles. The van der Waals surface area contributed by atoms with Crippen LogP contribution in [0.2, 0.25) is 10.0 Å². The van der Waals surface area contributed by atoms with Gasteiger partial charge in [-0.15, -0.1) is 0 Å². The molecule has 1 heterocycles. The van der Waals surface area contributed by atoms with Crippen LogP contribution in [0.15, 0.2) is 54.9 Å². The lowest BCUT2D eigenvalue weighted by atomic mass is 10.1. The normalized spacial score (nSPS) is 15.5. The number of hydrogen-bond acceptors (Lipinski definition) is 3. The molecule has 1 aliphatic rings. The highest BCUT2D eigenvalue weighted by molar-refractivity contribution is 6.42. The van der Waals surface area contributed by atoms with Gasteiger partial charge in [0.1, 0.15) is 12.0 Å². The Bertz CT molecular complexity index is 990. The van der Waals surface area contributed by atoms with E-state index >= 15 is 0 Å². The van der Waals surface area contributed by atoms with E-state index in [1.165, 1.54) is 17.5 Å². The summed E-state index contributed by atoms with van der Waals surface area (Å²) in [5.41, 5.74) is 4.19. The van der Waals surface area contributed by atoms with Crippen molar-refractivity contribution in [3.8, 4) is 11.3 Å². The maximum absolute atomic E-state index is 12.7. The smallest absolute Gasteiger partial charge is 0.270 e. The fourth-order valence-corrected chi connectivity index (χ4v) is 3.53. The van der Waals surface area contributed by atoms with Crippen molar-refractivity contribution < 1.29 is 4.79 Å². The summed E-state index contributed by atoms with van der Waals surface area (Å²) in [6, 6.07) is 15.1. The average Bonchev–Trinajstić information content (AvgIpc) is 3.07. The van der Waals surface area contributed by atoms with Gasteiger partial charge in [0, 0.05) is 5.56 Å². The Balaban J connectivity index is 1.57. The first kappa shape index (κ1) is 17.0. The molecule has 6 heteroatoms. The molecule has 1 unspecified atom stereocenters. The van der Waals surface area contributed by atoms with Gasteiger partial charge in [0.2, 0.25) is 0 Å². The van der Waals surface area contributed by atoms with Crippen LogP contribution >= 0.6 is 23.2 Å². The summed E-state index contributed by atoms with van der Waals surface area (Å²) in [6.45, 7) is 0. The van der Waals surface area contributed by atoms with Gasteiger partial charge in [-0.05, 0) is 42.2 Å². The molecule has 4 rings (SSSR count). The van der Waals surface area contributed by atoms with Gasteiger partial charge in [-0.25, -0.2) is 9.97 Å². The summed E-state index contributed by atoms with van der Waals surface area (Å²) in [7, 11) is 0. The number of aromatic nitrogens is 2. The third kappa shape index (κ3) is 3.30. The van der Waals surface area contributed by atoms with E-state index < -0.39 is 0 Å². The lowest BCUT2D eigenvalue weighted by molar-refractivity contribution is 0.0931. The van der Waals surface area contributed by atoms with Gasteiger partial charge in [-0.3, -0.25) is 4.79 Å². The minimum absolute atomic E-state index is 0.0158. The van der Waals surface area contributed by atoms with Crippen LogP contribution in [0.25, 0.3) is 11.3 Å². The van der Waals surface area contributed by atoms with E-state index in [0.29, 0.717) is 21.4 Å². The molecule has 0 spiro atoms. The van der Waals surface area contributed by atoms with E-state index in [-0.39, 0.29) is 11.9 Å². The van der Waals surface area contributed by atoms with Crippen molar-refractivity contribution in [3.63, 3.8) is 0 Å². The van der Waals surface area contributed by atoms with E-state index in [1.807, 2.05) is 18.2 Å². The molecule has 0 saturated heterocycles. The Morgan fingerprint density at radius 2 is 1.88 bits per heavy atom. The number of benzene rings is 2. The number of halogens is 2. The molecule has 0 saturated carbocycles. The van der Waals surface area contributed by atoms with E-state index in [0.717, 1.165) is 18.4 Å². The molecule has 130 valence electrons. The third-order valence-electron chi connectivity index (χ3n) is 4.55. The monoisotopic (exact) mass is 383 g/mol. The zero-order valence-corrected chi connectivity index (χ0v) is 15.3. The number of aryl methyl sites for hydroxylation is 1. The number of nitrogens with zero attached hydrogens (tertiary/aromatic N) is 2. The standard InChI is InChI=1S/C20H15Cl2N3O/c21-15-7-5-13(9-16(15)22)18-10-19(24-11-23-18)20(26)25-17-8-6-12-3-1-2-4-14(12)17/h1-5,7,9-11,17H,6,8H2,(H,25,26). The van der Waals surface area contributed by atoms with Crippen LogP contribution in [-0.2, 0) is 6.42 Å². The fourth-order valence-electron chi connectivity index (χ4n) is 3.23. The molecule has 1 aliphatic carbocycles. The number of nitrogens with one attached hydrogen (secondary N) is 1. The maximum Gasteiger partial charge on any atom is 0.270 e. The second kappa shape index (κ2) is 7.06. The second-order valence-electron chi connectivity index (χ2n) is 6.18. The molecule has 26 heavy (non-hydrogen) atoms. The van der Waals surface area contributed by atoms with E-state index in [9.17, 15) is 4.79 Å². The van der Waals surface area contributed by atoms with Crippen LogP contribution in [0.5, 0.6) is 0 Å². The Morgan fingerprint density at radius 3 is 2.73 bits per heavy atom. The van der Waals surface area contributed by atoms with Gasteiger partial charge in [-0.2, -0.15) is 0 Å². The summed E-state index contributed by atoms with van der Waals surface area (Å²) in [6.07, 6.45) is 3.25. The first-order valence-electron chi connectivity index (χ1n) is 8.28. The minimum atomic E-state index is -0.213. The maximum atomic E-state index is 12.7. The van der Waals surface area contributed by atoms with Gasteiger partial charge < -0.3 is 5.32 Å². The molecule has 1 atom stereocenters. The van der Waals surface area contributed by atoms with E-state index in [1.54, 1.807) is 18.2 Å². The van der Waals surface area contributed by atoms with Crippen LogP contribution in [0, 0.1) is 0 Å². The molecule has 3 aromatic rings. The molecular weight excluding hydrogens is 369 g/mol. The highest BCUT2D eigenvalue weighted by Crippen LogP contribution is 2.31. The van der Waals surface area contributed by atoms with Crippen molar-refractivity contribution in [2.45, 2.75) is 18.9 Å². The molecule has 0 radical (unpaired) electrons. The predicted molar refractivity (Wildman–Crippen MR) is 102 cm³/mol. The van der Waals surface area contributed by atoms with Crippen LogP contribution in [0.3, 0.4) is 0 Å². The number of fused-ring (bicyclic) bond motifs is 1. The Labute approximate surface area is 161 Å². The molecule has 0 fully saturated rings. The first-order valence-corrected chi connectivity index (χ1v) is 9.03. The molecular formula is C20H15Cl2N3O. The van der Waals surface area contributed by atoms with E-state index in [4.69, 9.17) is 23.2 Å². The Morgan fingerprint density at radius 1 is 1.04 bits per heavy atom. The lowest BCUT2D eigenvalue weighted by Crippen LogP contribution is -2.28. The van der Waals surface area contributed by atoms with Crippen molar-refractivity contribution in [1.29, 1.82) is 0 Å². The number of hydrogen-bond donors (Lipinski definition) is 1. The average molecular weight is 384 g/mol. The zero-order chi connectivity index (χ0) is 18.1. The molecule has 4 nitrogen and oxygen atoms in total. The summed E-state index contributed by atoms with van der Waals surface area (Å²) in [5, 5.41) is 3.99. The van der Waals surface area contributed by atoms with Crippen molar-refractivity contribution in [3.05, 3.63) is 81.7 Å². The second-order valence-corrected chi connectivity index (χ2v) is 7.00. The highest BCUT2D eigenvalue weighted by Gasteiger charge is 2.24. The number of carbonyl (C=O) groups excluding carboxylic acids is 1. The largest absolute Gasteiger partial charge is 0.344 e. The topological polar surface area (TPSA) is 54.9 Å². The molecule has 0 aliphatic heterocycles. The molecule has 2 aromatic carbocycles. The van der Waals surface area contributed by atoms with Gasteiger partial charge >= 0.3 is 0 Å². The van der Waals surface area contributed by atoms with Crippen molar-refractivity contribution in [1.82, 2.24) is 15.3 Å². The third-order valence-corrected chi connectivity index (χ3v) is 5.29. The van der Waals surface area contributed by atoms with Gasteiger partial charge in [0.15, 0.2) is 0 Å². The van der Waals surface area contributed by atoms with E-state index in [2.05, 4.69) is 27.4 Å². The van der Waals surface area contributed by atoms with Gasteiger partial charge in [0.25, 0.3) is 5.91 Å². The zero-order valence-electron chi connectivity index (χ0n) is 13.7. The van der Waals surface area contributed by atoms with Crippen LogP contribution in [0.4, 0.5) is 0 Å². The van der Waals surface area contributed by atoms with Crippen LogP contribution in [0.1, 0.15) is 34.1 Å². The Hall–Kier alpha value is -2.43. The van der Waals surface area contributed by atoms with Crippen LogP contribution in [-0.4, -0.2) is 15.9 Å². The quantitative estimate of drug-likeness (QED) is 0.701. The highest BCUT2D eigenvalue weighted by atomic mass is 35.5. The minimum Gasteiger partial charge on any atom is -0.344 e. The molecule has 1 N–H and O–H groups in total.